The first kappa shape index (κ1) is 11.5. The molecule has 1 saturated heterocycles. The lowest BCUT2D eigenvalue weighted by molar-refractivity contribution is 0.149. The zero-order valence-electron chi connectivity index (χ0n) is 9.26. The van der Waals surface area contributed by atoms with Crippen LogP contribution in [0.1, 0.15) is 30.4 Å². The minimum atomic E-state index is -2.35. The number of alkyl halides is 2. The maximum absolute atomic E-state index is 12.8. The second kappa shape index (κ2) is 5.39. The van der Waals surface area contributed by atoms with Crippen molar-refractivity contribution >= 4 is 0 Å². The zero-order valence-corrected chi connectivity index (χ0v) is 9.26. The van der Waals surface area contributed by atoms with Gasteiger partial charge in [-0.15, -0.1) is 0 Å². The van der Waals surface area contributed by atoms with Crippen LogP contribution in [0.4, 0.5) is 8.78 Å². The summed E-state index contributed by atoms with van der Waals surface area (Å²) in [5.74, 6) is 0.557. The highest BCUT2D eigenvalue weighted by atomic mass is 19.3. The van der Waals surface area contributed by atoms with Gasteiger partial charge in [0.15, 0.2) is 0 Å². The lowest BCUT2D eigenvalue weighted by Crippen LogP contribution is -2.28. The van der Waals surface area contributed by atoms with Crippen molar-refractivity contribution in [3.8, 4) is 0 Å². The van der Waals surface area contributed by atoms with Gasteiger partial charge in [0.1, 0.15) is 0 Å². The fraction of sp³-hybridized carbons (Fsp3) is 0.538. The predicted octanol–water partition coefficient (Wildman–Crippen LogP) is 3.17. The van der Waals surface area contributed by atoms with Crippen molar-refractivity contribution in [2.75, 3.05) is 13.1 Å². The average Bonchev–Trinajstić information content (AvgIpc) is 2.31. The minimum Gasteiger partial charge on any atom is -0.317 e. The van der Waals surface area contributed by atoms with Gasteiger partial charge in [0.05, 0.1) is 0 Å². The van der Waals surface area contributed by atoms with Crippen molar-refractivity contribution in [1.29, 1.82) is 0 Å². The minimum absolute atomic E-state index is 0.209. The third kappa shape index (κ3) is 2.79. The highest BCUT2D eigenvalue weighted by molar-refractivity contribution is 5.28. The molecule has 0 unspecified atom stereocenters. The first-order valence-electron chi connectivity index (χ1n) is 5.84. The molecule has 1 heterocycles. The molecule has 3 heteroatoms. The van der Waals surface area contributed by atoms with Crippen LogP contribution in [0, 0.1) is 5.92 Å². The number of benzene rings is 1. The summed E-state index contributed by atoms with van der Waals surface area (Å²) in [7, 11) is 0. The summed E-state index contributed by atoms with van der Waals surface area (Å²) in [4.78, 5) is 0. The Morgan fingerprint density at radius 1 is 1.19 bits per heavy atom. The molecule has 88 valence electrons. The summed E-state index contributed by atoms with van der Waals surface area (Å²) >= 11 is 0. The highest BCUT2D eigenvalue weighted by Gasteiger charge is 2.17. The molecule has 1 aliphatic heterocycles. The summed E-state index contributed by atoms with van der Waals surface area (Å²) in [6.45, 7) is 2.03. The van der Waals surface area contributed by atoms with Crippen LogP contribution in [0.15, 0.2) is 24.3 Å². The van der Waals surface area contributed by atoms with E-state index in [1.165, 1.54) is 0 Å². The van der Waals surface area contributed by atoms with Gasteiger partial charge in [-0.25, -0.2) is 8.78 Å². The van der Waals surface area contributed by atoms with Gasteiger partial charge in [0.25, 0.3) is 6.43 Å². The number of nitrogens with one attached hydrogen (secondary N) is 1. The van der Waals surface area contributed by atoms with Gasteiger partial charge in [0, 0.05) is 5.56 Å². The summed E-state index contributed by atoms with van der Waals surface area (Å²) in [6.07, 6.45) is 0.634. The molecule has 1 aromatic carbocycles. The Balaban J connectivity index is 2.07. The van der Waals surface area contributed by atoms with Crippen molar-refractivity contribution in [1.82, 2.24) is 5.32 Å². The SMILES string of the molecule is FC(F)c1ccccc1CC1CCNCC1. The average molecular weight is 225 g/mol. The van der Waals surface area contributed by atoms with Gasteiger partial charge in [-0.2, -0.15) is 0 Å². The summed E-state index contributed by atoms with van der Waals surface area (Å²) in [5.41, 5.74) is 1.03. The predicted molar refractivity (Wildman–Crippen MR) is 60.7 cm³/mol. The molecule has 0 aromatic heterocycles. The lowest BCUT2D eigenvalue weighted by atomic mass is 9.89. The van der Waals surface area contributed by atoms with Crippen LogP contribution in [0.25, 0.3) is 0 Å². The third-order valence-electron chi connectivity index (χ3n) is 3.26. The number of halogens is 2. The van der Waals surface area contributed by atoms with Gasteiger partial charge >= 0.3 is 0 Å². The monoisotopic (exact) mass is 225 g/mol. The molecule has 1 aromatic rings. The van der Waals surface area contributed by atoms with E-state index < -0.39 is 6.43 Å². The summed E-state index contributed by atoms with van der Waals surface area (Å²) in [6, 6.07) is 6.92. The molecule has 0 aliphatic carbocycles. The maximum atomic E-state index is 12.8. The Kier molecular flexibility index (Phi) is 3.88. The smallest absolute Gasteiger partial charge is 0.264 e. The molecule has 0 atom stereocenters. The molecule has 16 heavy (non-hydrogen) atoms. The number of hydrogen-bond donors (Lipinski definition) is 1. The van der Waals surface area contributed by atoms with Gasteiger partial charge < -0.3 is 5.32 Å². The topological polar surface area (TPSA) is 12.0 Å². The van der Waals surface area contributed by atoms with Crippen LogP contribution < -0.4 is 5.32 Å². The fourth-order valence-corrected chi connectivity index (χ4v) is 2.33. The normalized spacial score (nSPS) is 17.9. The van der Waals surface area contributed by atoms with E-state index in [0.29, 0.717) is 5.92 Å². The van der Waals surface area contributed by atoms with E-state index in [0.717, 1.165) is 37.9 Å². The van der Waals surface area contributed by atoms with Gasteiger partial charge in [-0.05, 0) is 43.8 Å². The Morgan fingerprint density at radius 3 is 2.56 bits per heavy atom. The quantitative estimate of drug-likeness (QED) is 0.833. The van der Waals surface area contributed by atoms with E-state index in [4.69, 9.17) is 0 Å². The Labute approximate surface area is 94.9 Å². The molecular weight excluding hydrogens is 208 g/mol. The van der Waals surface area contributed by atoms with E-state index in [9.17, 15) is 8.78 Å². The van der Waals surface area contributed by atoms with Gasteiger partial charge in [-0.1, -0.05) is 24.3 Å². The van der Waals surface area contributed by atoms with Crippen molar-refractivity contribution in [2.24, 2.45) is 5.92 Å². The molecule has 0 amide bonds. The van der Waals surface area contributed by atoms with Crippen LogP contribution in [0.5, 0.6) is 0 Å². The summed E-state index contributed by atoms with van der Waals surface area (Å²) in [5, 5.41) is 3.29. The van der Waals surface area contributed by atoms with Crippen LogP contribution in [-0.2, 0) is 6.42 Å². The molecule has 1 aliphatic rings. The molecule has 1 nitrogen and oxygen atoms in total. The third-order valence-corrected chi connectivity index (χ3v) is 3.26. The van der Waals surface area contributed by atoms with Gasteiger partial charge in [0.2, 0.25) is 0 Å². The Hall–Kier alpha value is -0.960. The maximum Gasteiger partial charge on any atom is 0.264 e. The molecule has 0 saturated carbocycles. The van der Waals surface area contributed by atoms with E-state index in [1.54, 1.807) is 12.1 Å². The first-order valence-corrected chi connectivity index (χ1v) is 5.84. The Morgan fingerprint density at radius 2 is 1.88 bits per heavy atom. The van der Waals surface area contributed by atoms with Crippen molar-refractivity contribution in [2.45, 2.75) is 25.7 Å². The highest BCUT2D eigenvalue weighted by Crippen LogP contribution is 2.26. The van der Waals surface area contributed by atoms with Crippen molar-refractivity contribution < 1.29 is 8.78 Å². The first-order chi connectivity index (χ1) is 7.77. The zero-order chi connectivity index (χ0) is 11.4. The molecule has 0 radical (unpaired) electrons. The summed E-state index contributed by atoms with van der Waals surface area (Å²) < 4.78 is 25.5. The van der Waals surface area contributed by atoms with Crippen LogP contribution in [0.3, 0.4) is 0 Å². The molecule has 1 N–H and O–H groups in total. The second-order valence-electron chi connectivity index (χ2n) is 4.40. The number of hydrogen-bond acceptors (Lipinski definition) is 1. The largest absolute Gasteiger partial charge is 0.317 e. The van der Waals surface area contributed by atoms with Crippen LogP contribution in [0.2, 0.25) is 0 Å². The van der Waals surface area contributed by atoms with Crippen molar-refractivity contribution in [3.63, 3.8) is 0 Å². The van der Waals surface area contributed by atoms with E-state index in [1.807, 2.05) is 12.1 Å². The van der Waals surface area contributed by atoms with E-state index >= 15 is 0 Å². The molecule has 2 rings (SSSR count). The van der Waals surface area contributed by atoms with Crippen LogP contribution in [-0.4, -0.2) is 13.1 Å². The number of rotatable bonds is 3. The second-order valence-corrected chi connectivity index (χ2v) is 4.40. The van der Waals surface area contributed by atoms with Crippen molar-refractivity contribution in [3.05, 3.63) is 35.4 Å². The number of piperidine rings is 1. The fourth-order valence-electron chi connectivity index (χ4n) is 2.33. The van der Waals surface area contributed by atoms with Crippen LogP contribution >= 0.6 is 0 Å². The molecule has 0 bridgehead atoms. The standard InChI is InChI=1S/C13H17F2N/c14-13(15)12-4-2-1-3-11(12)9-10-5-7-16-8-6-10/h1-4,10,13,16H,5-9H2. The van der Waals surface area contributed by atoms with E-state index in [-0.39, 0.29) is 5.56 Å². The van der Waals surface area contributed by atoms with Gasteiger partial charge in [-0.3, -0.25) is 0 Å². The molecule has 1 fully saturated rings. The van der Waals surface area contributed by atoms with E-state index in [2.05, 4.69) is 5.32 Å². The molecular formula is C13H17F2N. The molecule has 0 spiro atoms. The Bertz CT molecular complexity index is 332. The lowest BCUT2D eigenvalue weighted by Gasteiger charge is -2.23.